The van der Waals surface area contributed by atoms with Crippen molar-refractivity contribution in [1.29, 1.82) is 5.26 Å². The standard InChI is InChI=1S/C13H9N5/c14-8-10-3-5-18-12(6-10)16-17-13(18)7-11-2-1-4-15-9-11/h1-6,9H,7H2. The lowest BCUT2D eigenvalue weighted by atomic mass is 10.2. The molecule has 5 nitrogen and oxygen atoms in total. The van der Waals surface area contributed by atoms with E-state index in [-0.39, 0.29) is 0 Å². The van der Waals surface area contributed by atoms with E-state index in [4.69, 9.17) is 5.26 Å². The van der Waals surface area contributed by atoms with Crippen LogP contribution in [-0.4, -0.2) is 19.6 Å². The van der Waals surface area contributed by atoms with Crippen molar-refractivity contribution in [2.45, 2.75) is 6.42 Å². The lowest BCUT2D eigenvalue weighted by Crippen LogP contribution is -1.96. The third-order valence-corrected chi connectivity index (χ3v) is 2.69. The Kier molecular flexibility index (Phi) is 2.47. The number of nitrogens with zero attached hydrogens (tertiary/aromatic N) is 5. The van der Waals surface area contributed by atoms with Gasteiger partial charge in [0.25, 0.3) is 0 Å². The summed E-state index contributed by atoms with van der Waals surface area (Å²) in [6.07, 6.45) is 6.04. The normalized spacial score (nSPS) is 10.4. The summed E-state index contributed by atoms with van der Waals surface area (Å²) in [6.45, 7) is 0. The minimum absolute atomic E-state index is 0.586. The third-order valence-electron chi connectivity index (χ3n) is 2.69. The smallest absolute Gasteiger partial charge is 0.162 e. The molecule has 18 heavy (non-hydrogen) atoms. The minimum atomic E-state index is 0.586. The lowest BCUT2D eigenvalue weighted by Gasteiger charge is -1.99. The molecule has 3 rings (SSSR count). The molecule has 0 spiro atoms. The minimum Gasteiger partial charge on any atom is -0.286 e. The SMILES string of the molecule is N#Cc1ccn2c(Cc3cccnc3)nnc2c1. The maximum Gasteiger partial charge on any atom is 0.162 e. The van der Waals surface area contributed by atoms with Crippen LogP contribution in [0, 0.1) is 11.3 Å². The van der Waals surface area contributed by atoms with Gasteiger partial charge >= 0.3 is 0 Å². The first kappa shape index (κ1) is 10.4. The Labute approximate surface area is 103 Å². The van der Waals surface area contributed by atoms with Gasteiger partial charge in [-0.2, -0.15) is 5.26 Å². The number of pyridine rings is 2. The molecule has 0 bridgehead atoms. The van der Waals surface area contributed by atoms with Crippen LogP contribution >= 0.6 is 0 Å². The van der Waals surface area contributed by atoms with Crippen molar-refractivity contribution in [1.82, 2.24) is 19.6 Å². The number of rotatable bonds is 2. The van der Waals surface area contributed by atoms with Crippen molar-refractivity contribution in [2.24, 2.45) is 0 Å². The molecule has 5 heteroatoms. The van der Waals surface area contributed by atoms with Gasteiger partial charge in [-0.3, -0.25) is 9.38 Å². The zero-order valence-corrected chi connectivity index (χ0v) is 9.48. The average molecular weight is 235 g/mol. The molecule has 0 fully saturated rings. The molecule has 0 saturated heterocycles. The topological polar surface area (TPSA) is 66.9 Å². The molecule has 0 aliphatic heterocycles. The largest absolute Gasteiger partial charge is 0.286 e. The zero-order chi connectivity index (χ0) is 12.4. The maximum atomic E-state index is 8.82. The van der Waals surface area contributed by atoms with Crippen molar-refractivity contribution in [3.63, 3.8) is 0 Å². The fraction of sp³-hybridized carbons (Fsp3) is 0.0769. The Bertz CT molecular complexity index is 724. The lowest BCUT2D eigenvalue weighted by molar-refractivity contribution is 0.929. The Morgan fingerprint density at radius 2 is 2.22 bits per heavy atom. The van der Waals surface area contributed by atoms with Crippen molar-refractivity contribution in [2.75, 3.05) is 0 Å². The van der Waals surface area contributed by atoms with Crippen LogP contribution in [0.4, 0.5) is 0 Å². The van der Waals surface area contributed by atoms with Gasteiger partial charge in [0.1, 0.15) is 5.82 Å². The van der Waals surface area contributed by atoms with Gasteiger partial charge in [-0.1, -0.05) is 6.07 Å². The Hall–Kier alpha value is -2.74. The molecule has 0 saturated carbocycles. The van der Waals surface area contributed by atoms with E-state index in [1.54, 1.807) is 18.3 Å². The van der Waals surface area contributed by atoms with Gasteiger partial charge in [-0.15, -0.1) is 10.2 Å². The molecule has 0 aromatic carbocycles. The van der Waals surface area contributed by atoms with Crippen LogP contribution in [0.5, 0.6) is 0 Å². The van der Waals surface area contributed by atoms with Crippen molar-refractivity contribution >= 4 is 5.65 Å². The van der Waals surface area contributed by atoms with Gasteiger partial charge in [-0.05, 0) is 17.7 Å². The van der Waals surface area contributed by atoms with Crippen LogP contribution in [0.15, 0.2) is 42.9 Å². The molecule has 3 aromatic heterocycles. The zero-order valence-electron chi connectivity index (χ0n) is 9.48. The summed E-state index contributed by atoms with van der Waals surface area (Å²) >= 11 is 0. The first-order valence-corrected chi connectivity index (χ1v) is 5.49. The molecule has 0 N–H and O–H groups in total. The van der Waals surface area contributed by atoms with Gasteiger partial charge in [0, 0.05) is 31.1 Å². The molecule has 86 valence electrons. The van der Waals surface area contributed by atoms with E-state index in [2.05, 4.69) is 21.3 Å². The van der Waals surface area contributed by atoms with Crippen molar-refractivity contribution in [3.8, 4) is 6.07 Å². The predicted molar refractivity (Wildman–Crippen MR) is 64.7 cm³/mol. The van der Waals surface area contributed by atoms with Crippen LogP contribution < -0.4 is 0 Å². The highest BCUT2D eigenvalue weighted by atomic mass is 15.2. The second-order valence-corrected chi connectivity index (χ2v) is 3.91. The second-order valence-electron chi connectivity index (χ2n) is 3.91. The second kappa shape index (κ2) is 4.26. The van der Waals surface area contributed by atoms with Gasteiger partial charge in [0.15, 0.2) is 5.65 Å². The average Bonchev–Trinajstić information content (AvgIpc) is 2.82. The quantitative estimate of drug-likeness (QED) is 0.676. The summed E-state index contributed by atoms with van der Waals surface area (Å²) in [5.74, 6) is 0.836. The molecule has 0 aliphatic rings. The summed E-state index contributed by atoms with van der Waals surface area (Å²) in [7, 11) is 0. The van der Waals surface area contributed by atoms with E-state index in [1.807, 2.05) is 28.9 Å². The van der Waals surface area contributed by atoms with Gasteiger partial charge in [0.05, 0.1) is 11.6 Å². The van der Waals surface area contributed by atoms with E-state index in [1.165, 1.54) is 0 Å². The number of nitriles is 1. The highest BCUT2D eigenvalue weighted by Crippen LogP contribution is 2.10. The van der Waals surface area contributed by atoms with Gasteiger partial charge in [0.2, 0.25) is 0 Å². The summed E-state index contributed by atoms with van der Waals surface area (Å²) in [4.78, 5) is 4.07. The highest BCUT2D eigenvalue weighted by molar-refractivity contribution is 5.45. The molecule has 3 aromatic rings. The van der Waals surface area contributed by atoms with Crippen LogP contribution in [0.3, 0.4) is 0 Å². The number of hydrogen-bond acceptors (Lipinski definition) is 4. The van der Waals surface area contributed by atoms with Crippen molar-refractivity contribution in [3.05, 3.63) is 59.8 Å². The van der Waals surface area contributed by atoms with Crippen LogP contribution in [0.2, 0.25) is 0 Å². The number of hydrogen-bond donors (Lipinski definition) is 0. The van der Waals surface area contributed by atoms with E-state index in [0.717, 1.165) is 11.4 Å². The number of fused-ring (bicyclic) bond motifs is 1. The fourth-order valence-corrected chi connectivity index (χ4v) is 1.82. The van der Waals surface area contributed by atoms with E-state index >= 15 is 0 Å². The third kappa shape index (κ3) is 1.80. The van der Waals surface area contributed by atoms with E-state index in [0.29, 0.717) is 17.6 Å². The molecule has 3 heterocycles. The van der Waals surface area contributed by atoms with Gasteiger partial charge in [-0.25, -0.2) is 0 Å². The molecule has 0 radical (unpaired) electrons. The van der Waals surface area contributed by atoms with Crippen LogP contribution in [0.1, 0.15) is 17.0 Å². The molecular weight excluding hydrogens is 226 g/mol. The monoisotopic (exact) mass is 235 g/mol. The summed E-state index contributed by atoms with van der Waals surface area (Å²) < 4.78 is 1.88. The molecule has 0 amide bonds. The van der Waals surface area contributed by atoms with Crippen molar-refractivity contribution < 1.29 is 0 Å². The molecule has 0 unspecified atom stereocenters. The Morgan fingerprint density at radius 3 is 3.00 bits per heavy atom. The molecule has 0 aliphatic carbocycles. The molecular formula is C13H9N5. The summed E-state index contributed by atoms with van der Waals surface area (Å²) in [5, 5.41) is 17.0. The van der Waals surface area contributed by atoms with Crippen LogP contribution in [-0.2, 0) is 6.42 Å². The summed E-state index contributed by atoms with van der Waals surface area (Å²) in [5.41, 5.74) is 2.35. The van der Waals surface area contributed by atoms with Gasteiger partial charge < -0.3 is 0 Å². The first-order valence-electron chi connectivity index (χ1n) is 5.49. The fourth-order valence-electron chi connectivity index (χ4n) is 1.82. The maximum absolute atomic E-state index is 8.82. The first-order chi connectivity index (χ1) is 8.86. The Morgan fingerprint density at radius 1 is 1.28 bits per heavy atom. The number of aromatic nitrogens is 4. The molecule has 0 atom stereocenters. The van der Waals surface area contributed by atoms with E-state index in [9.17, 15) is 0 Å². The Balaban J connectivity index is 2.01. The predicted octanol–water partition coefficient (Wildman–Crippen LogP) is 1.59. The summed E-state index contributed by atoms with van der Waals surface area (Å²) in [6, 6.07) is 9.45. The van der Waals surface area contributed by atoms with E-state index < -0.39 is 0 Å². The highest BCUT2D eigenvalue weighted by Gasteiger charge is 2.06. The van der Waals surface area contributed by atoms with Crippen LogP contribution in [0.25, 0.3) is 5.65 Å².